The zero-order valence-electron chi connectivity index (χ0n) is 12.5. The van der Waals surface area contributed by atoms with Crippen LogP contribution in [-0.2, 0) is 10.2 Å². The minimum absolute atomic E-state index is 0.109. The van der Waals surface area contributed by atoms with Crippen LogP contribution in [0.5, 0.6) is 0 Å². The van der Waals surface area contributed by atoms with Gasteiger partial charge in [-0.2, -0.15) is 0 Å². The molecule has 0 aliphatic carbocycles. The van der Waals surface area contributed by atoms with Crippen molar-refractivity contribution >= 4 is 17.4 Å². The smallest absolute Gasteiger partial charge is 0.137 e. The topological polar surface area (TPSA) is 47.0 Å². The lowest BCUT2D eigenvalue weighted by molar-refractivity contribution is 0.0787. The van der Waals surface area contributed by atoms with Gasteiger partial charge in [0.1, 0.15) is 16.8 Å². The molecule has 0 bridgehead atoms. The van der Waals surface area contributed by atoms with E-state index >= 15 is 0 Å². The molecule has 0 spiro atoms. The summed E-state index contributed by atoms with van der Waals surface area (Å²) in [7, 11) is 0. The van der Waals surface area contributed by atoms with E-state index in [1.807, 2.05) is 13.8 Å². The summed E-state index contributed by atoms with van der Waals surface area (Å²) in [4.78, 5) is 8.75. The Kier molecular flexibility index (Phi) is 6.01. The van der Waals surface area contributed by atoms with Crippen LogP contribution < -0.4 is 5.32 Å². The predicted octanol–water partition coefficient (Wildman–Crippen LogP) is 3.65. The zero-order valence-corrected chi connectivity index (χ0v) is 13.2. The summed E-state index contributed by atoms with van der Waals surface area (Å²) in [5, 5.41) is 3.73. The Morgan fingerprint density at radius 2 is 2.00 bits per heavy atom. The van der Waals surface area contributed by atoms with Gasteiger partial charge in [-0.25, -0.2) is 9.97 Å². The standard InChI is InChI=1S/C14H24ClN3O/c1-10(2)19-8-6-7-16-12-9-11(15)17-13(18-12)14(3,4)5/h9-10H,6-8H2,1-5H3,(H,16,17,18). The van der Waals surface area contributed by atoms with Crippen molar-refractivity contribution in [1.29, 1.82) is 0 Å². The maximum absolute atomic E-state index is 6.02. The first-order valence-corrected chi connectivity index (χ1v) is 7.07. The van der Waals surface area contributed by atoms with E-state index in [-0.39, 0.29) is 11.5 Å². The van der Waals surface area contributed by atoms with Gasteiger partial charge in [0.05, 0.1) is 6.10 Å². The van der Waals surface area contributed by atoms with E-state index in [0.29, 0.717) is 5.15 Å². The quantitative estimate of drug-likeness (QED) is 0.640. The molecule has 0 fully saturated rings. The summed E-state index contributed by atoms with van der Waals surface area (Å²) < 4.78 is 5.48. The van der Waals surface area contributed by atoms with Gasteiger partial charge in [0, 0.05) is 24.6 Å². The van der Waals surface area contributed by atoms with Gasteiger partial charge >= 0.3 is 0 Å². The molecule has 1 N–H and O–H groups in total. The van der Waals surface area contributed by atoms with E-state index in [1.54, 1.807) is 6.07 Å². The molecule has 0 aliphatic heterocycles. The molecular weight excluding hydrogens is 262 g/mol. The van der Waals surface area contributed by atoms with Gasteiger partial charge in [-0.3, -0.25) is 0 Å². The third kappa shape index (κ3) is 6.21. The van der Waals surface area contributed by atoms with Crippen LogP contribution in [0.15, 0.2) is 6.07 Å². The van der Waals surface area contributed by atoms with Crippen molar-refractivity contribution < 1.29 is 4.74 Å². The average molecular weight is 286 g/mol. The highest BCUT2D eigenvalue weighted by atomic mass is 35.5. The molecule has 19 heavy (non-hydrogen) atoms. The summed E-state index contributed by atoms with van der Waals surface area (Å²) in [6, 6.07) is 1.75. The highest BCUT2D eigenvalue weighted by Crippen LogP contribution is 2.22. The summed E-state index contributed by atoms with van der Waals surface area (Å²) in [6.45, 7) is 11.8. The number of hydrogen-bond acceptors (Lipinski definition) is 4. The molecule has 0 unspecified atom stereocenters. The Morgan fingerprint density at radius 1 is 1.32 bits per heavy atom. The molecule has 0 saturated heterocycles. The van der Waals surface area contributed by atoms with Crippen molar-refractivity contribution in [3.63, 3.8) is 0 Å². The van der Waals surface area contributed by atoms with Crippen LogP contribution in [0.1, 0.15) is 46.9 Å². The molecule has 0 saturated carbocycles. The second-order valence-corrected chi connectivity index (χ2v) is 6.24. The first kappa shape index (κ1) is 16.2. The summed E-state index contributed by atoms with van der Waals surface area (Å²) >= 11 is 6.02. The molecule has 5 heteroatoms. The van der Waals surface area contributed by atoms with Crippen molar-refractivity contribution in [2.45, 2.75) is 52.6 Å². The normalized spacial score (nSPS) is 11.9. The van der Waals surface area contributed by atoms with Crippen molar-refractivity contribution in [2.75, 3.05) is 18.5 Å². The lowest BCUT2D eigenvalue weighted by Gasteiger charge is -2.18. The fourth-order valence-corrected chi connectivity index (χ4v) is 1.63. The Hall–Kier alpha value is -0.870. The van der Waals surface area contributed by atoms with Gasteiger partial charge in [-0.1, -0.05) is 32.4 Å². The molecule has 1 heterocycles. The van der Waals surface area contributed by atoms with Crippen LogP contribution in [0.3, 0.4) is 0 Å². The van der Waals surface area contributed by atoms with Gasteiger partial charge in [-0.15, -0.1) is 0 Å². The maximum atomic E-state index is 6.02. The number of ether oxygens (including phenoxy) is 1. The molecule has 1 aromatic heterocycles. The first-order valence-electron chi connectivity index (χ1n) is 6.69. The van der Waals surface area contributed by atoms with Gasteiger partial charge < -0.3 is 10.1 Å². The SMILES string of the molecule is CC(C)OCCCNc1cc(Cl)nc(C(C)(C)C)n1. The molecular formula is C14H24ClN3O. The molecule has 1 rings (SSSR count). The molecule has 108 valence electrons. The third-order valence-electron chi connectivity index (χ3n) is 2.44. The van der Waals surface area contributed by atoms with Crippen LogP contribution in [0.4, 0.5) is 5.82 Å². The molecule has 0 aromatic carbocycles. The minimum atomic E-state index is -0.109. The number of hydrogen-bond donors (Lipinski definition) is 1. The Bertz CT molecular complexity index is 402. The van der Waals surface area contributed by atoms with E-state index in [4.69, 9.17) is 16.3 Å². The fraction of sp³-hybridized carbons (Fsp3) is 0.714. The van der Waals surface area contributed by atoms with Gasteiger partial charge in [-0.05, 0) is 20.3 Å². The van der Waals surface area contributed by atoms with Crippen LogP contribution >= 0.6 is 11.6 Å². The highest BCUT2D eigenvalue weighted by Gasteiger charge is 2.18. The third-order valence-corrected chi connectivity index (χ3v) is 2.64. The lowest BCUT2D eigenvalue weighted by atomic mass is 9.96. The average Bonchev–Trinajstić information content (AvgIpc) is 2.26. The molecule has 0 aliphatic rings. The van der Waals surface area contributed by atoms with E-state index < -0.39 is 0 Å². The van der Waals surface area contributed by atoms with Crippen molar-refractivity contribution in [3.8, 4) is 0 Å². The van der Waals surface area contributed by atoms with Gasteiger partial charge in [0.15, 0.2) is 0 Å². The van der Waals surface area contributed by atoms with Crippen molar-refractivity contribution in [3.05, 3.63) is 17.0 Å². The van der Waals surface area contributed by atoms with Crippen LogP contribution in [0.2, 0.25) is 5.15 Å². The Morgan fingerprint density at radius 3 is 2.58 bits per heavy atom. The number of nitrogens with one attached hydrogen (secondary N) is 1. The second-order valence-electron chi connectivity index (χ2n) is 5.85. The predicted molar refractivity (Wildman–Crippen MR) is 79.9 cm³/mol. The number of halogens is 1. The van der Waals surface area contributed by atoms with Gasteiger partial charge in [0.25, 0.3) is 0 Å². The zero-order chi connectivity index (χ0) is 14.5. The van der Waals surface area contributed by atoms with Gasteiger partial charge in [0.2, 0.25) is 0 Å². The van der Waals surface area contributed by atoms with Crippen LogP contribution in [0.25, 0.3) is 0 Å². The second kappa shape index (κ2) is 7.06. The Labute approximate surface area is 120 Å². The summed E-state index contributed by atoms with van der Waals surface area (Å²) in [5.74, 6) is 1.52. The minimum Gasteiger partial charge on any atom is -0.379 e. The van der Waals surface area contributed by atoms with E-state index in [9.17, 15) is 0 Å². The van der Waals surface area contributed by atoms with E-state index in [1.165, 1.54) is 0 Å². The number of aromatic nitrogens is 2. The molecule has 0 atom stereocenters. The van der Waals surface area contributed by atoms with Crippen LogP contribution in [0, 0.1) is 0 Å². The largest absolute Gasteiger partial charge is 0.379 e. The lowest BCUT2D eigenvalue weighted by Crippen LogP contribution is -2.18. The fourth-order valence-electron chi connectivity index (χ4n) is 1.45. The number of rotatable bonds is 6. The van der Waals surface area contributed by atoms with E-state index in [2.05, 4.69) is 36.1 Å². The highest BCUT2D eigenvalue weighted by molar-refractivity contribution is 6.29. The van der Waals surface area contributed by atoms with Crippen LogP contribution in [-0.4, -0.2) is 29.2 Å². The summed E-state index contributed by atoms with van der Waals surface area (Å²) in [6.07, 6.45) is 1.21. The van der Waals surface area contributed by atoms with Crippen molar-refractivity contribution in [1.82, 2.24) is 9.97 Å². The Balaban J connectivity index is 2.52. The number of anilines is 1. The molecule has 0 radical (unpaired) electrons. The molecule has 0 amide bonds. The van der Waals surface area contributed by atoms with E-state index in [0.717, 1.165) is 31.2 Å². The first-order chi connectivity index (χ1) is 8.79. The molecule has 1 aromatic rings. The number of nitrogens with zero attached hydrogens (tertiary/aromatic N) is 2. The maximum Gasteiger partial charge on any atom is 0.137 e. The summed E-state index contributed by atoms with van der Waals surface area (Å²) in [5.41, 5.74) is -0.109. The molecule has 4 nitrogen and oxygen atoms in total. The monoisotopic (exact) mass is 285 g/mol. The van der Waals surface area contributed by atoms with Crippen molar-refractivity contribution in [2.24, 2.45) is 0 Å².